The summed E-state index contributed by atoms with van der Waals surface area (Å²) in [5, 5.41) is 19.0. The molecule has 104 valence electrons. The first-order valence-corrected chi connectivity index (χ1v) is 5.55. The molecule has 4 atom stereocenters. The standard InChI is InChI=1S/C10H11F2N3O4/c11-10(12)6(17)9(3-4(9)16)19-7(10)15-2-1-5(13)14-8(15)18/h1-2,4,6-7,16-17H,3H2,(H2,13,14,18)/t4-,6+,7+,9-/m0/s1. The van der Waals surface area contributed by atoms with Gasteiger partial charge >= 0.3 is 11.6 Å². The van der Waals surface area contributed by atoms with Gasteiger partial charge in [0.05, 0.1) is 6.10 Å². The smallest absolute Gasteiger partial charge is 0.351 e. The van der Waals surface area contributed by atoms with Crippen molar-refractivity contribution in [3.05, 3.63) is 22.7 Å². The van der Waals surface area contributed by atoms with Crippen LogP contribution in [0.5, 0.6) is 0 Å². The molecular weight excluding hydrogens is 264 g/mol. The number of halogens is 2. The fraction of sp³-hybridized carbons (Fsp3) is 0.600. The van der Waals surface area contributed by atoms with Crippen LogP contribution in [0.4, 0.5) is 14.6 Å². The minimum absolute atomic E-state index is 0.0998. The van der Waals surface area contributed by atoms with E-state index in [0.29, 0.717) is 4.57 Å². The van der Waals surface area contributed by atoms with E-state index in [0.717, 1.165) is 6.20 Å². The third kappa shape index (κ3) is 1.52. The van der Waals surface area contributed by atoms with Gasteiger partial charge < -0.3 is 20.7 Å². The van der Waals surface area contributed by atoms with Gasteiger partial charge in [-0.25, -0.2) is 4.79 Å². The molecule has 9 heteroatoms. The molecule has 2 heterocycles. The molecule has 1 aromatic heterocycles. The van der Waals surface area contributed by atoms with E-state index in [1.165, 1.54) is 6.07 Å². The maximum atomic E-state index is 14.0. The summed E-state index contributed by atoms with van der Waals surface area (Å²) < 4.78 is 33.5. The zero-order valence-corrected chi connectivity index (χ0v) is 9.53. The molecule has 0 unspecified atom stereocenters. The van der Waals surface area contributed by atoms with E-state index in [4.69, 9.17) is 10.5 Å². The third-order valence-corrected chi connectivity index (χ3v) is 3.51. The van der Waals surface area contributed by atoms with Crippen molar-refractivity contribution in [3.8, 4) is 0 Å². The minimum Gasteiger partial charge on any atom is -0.390 e. The molecule has 1 spiro atoms. The van der Waals surface area contributed by atoms with Gasteiger partial charge in [0.2, 0.25) is 6.23 Å². The largest absolute Gasteiger partial charge is 0.390 e. The molecule has 19 heavy (non-hydrogen) atoms. The minimum atomic E-state index is -3.71. The van der Waals surface area contributed by atoms with Crippen molar-refractivity contribution >= 4 is 5.82 Å². The summed E-state index contributed by atoms with van der Waals surface area (Å²) in [6.45, 7) is 0. The Morgan fingerprint density at radius 1 is 1.53 bits per heavy atom. The maximum absolute atomic E-state index is 14.0. The summed E-state index contributed by atoms with van der Waals surface area (Å²) in [7, 11) is 0. The number of hydrogen-bond acceptors (Lipinski definition) is 6. The molecule has 1 aliphatic carbocycles. The lowest BCUT2D eigenvalue weighted by Crippen LogP contribution is -2.42. The van der Waals surface area contributed by atoms with Gasteiger partial charge in [0.1, 0.15) is 11.4 Å². The Morgan fingerprint density at radius 3 is 2.63 bits per heavy atom. The van der Waals surface area contributed by atoms with Crippen molar-refractivity contribution in [3.63, 3.8) is 0 Å². The van der Waals surface area contributed by atoms with Crippen molar-refractivity contribution in [2.24, 2.45) is 0 Å². The van der Waals surface area contributed by atoms with Crippen LogP contribution in [0.1, 0.15) is 12.6 Å². The van der Waals surface area contributed by atoms with E-state index < -0.39 is 35.6 Å². The lowest BCUT2D eigenvalue weighted by atomic mass is 10.1. The summed E-state index contributed by atoms with van der Waals surface area (Å²) in [5.74, 6) is -3.82. The monoisotopic (exact) mass is 275 g/mol. The number of anilines is 1. The van der Waals surface area contributed by atoms with E-state index in [1.807, 2.05) is 0 Å². The molecule has 2 aliphatic rings. The molecule has 0 radical (unpaired) electrons. The van der Waals surface area contributed by atoms with E-state index in [-0.39, 0.29) is 12.2 Å². The number of ether oxygens (including phenoxy) is 1. The van der Waals surface area contributed by atoms with Crippen LogP contribution >= 0.6 is 0 Å². The molecule has 1 saturated heterocycles. The highest BCUT2D eigenvalue weighted by Gasteiger charge is 2.76. The average molecular weight is 275 g/mol. The predicted octanol–water partition coefficient (Wildman–Crippen LogP) is -1.15. The molecule has 3 rings (SSSR count). The molecule has 7 nitrogen and oxygen atoms in total. The highest BCUT2D eigenvalue weighted by molar-refractivity contribution is 5.25. The van der Waals surface area contributed by atoms with Crippen LogP contribution in [0, 0.1) is 0 Å². The second-order valence-electron chi connectivity index (χ2n) is 4.76. The van der Waals surface area contributed by atoms with Crippen LogP contribution in [-0.4, -0.2) is 43.5 Å². The number of aromatic nitrogens is 2. The van der Waals surface area contributed by atoms with Crippen LogP contribution in [0.25, 0.3) is 0 Å². The Kier molecular flexibility index (Phi) is 2.29. The average Bonchev–Trinajstić information content (AvgIpc) is 2.92. The van der Waals surface area contributed by atoms with Crippen LogP contribution in [0.3, 0.4) is 0 Å². The van der Waals surface area contributed by atoms with E-state index in [2.05, 4.69) is 4.98 Å². The third-order valence-electron chi connectivity index (χ3n) is 3.51. The lowest BCUT2D eigenvalue weighted by Gasteiger charge is -2.20. The van der Waals surface area contributed by atoms with Crippen molar-refractivity contribution < 1.29 is 23.7 Å². The normalized spacial score (nSPS) is 39.7. The van der Waals surface area contributed by atoms with Gasteiger partial charge in [-0.15, -0.1) is 0 Å². The van der Waals surface area contributed by atoms with E-state index in [1.54, 1.807) is 0 Å². The Morgan fingerprint density at radius 2 is 2.16 bits per heavy atom. The van der Waals surface area contributed by atoms with Crippen molar-refractivity contribution in [1.82, 2.24) is 9.55 Å². The van der Waals surface area contributed by atoms with Gasteiger partial charge in [-0.05, 0) is 6.07 Å². The van der Waals surface area contributed by atoms with Crippen LogP contribution in [0.15, 0.2) is 17.1 Å². The van der Waals surface area contributed by atoms with Gasteiger partial charge in [-0.2, -0.15) is 13.8 Å². The lowest BCUT2D eigenvalue weighted by molar-refractivity contribution is -0.141. The Balaban J connectivity index is 2.04. The first-order valence-electron chi connectivity index (χ1n) is 5.55. The van der Waals surface area contributed by atoms with E-state index >= 15 is 0 Å². The second-order valence-corrected chi connectivity index (χ2v) is 4.76. The summed E-state index contributed by atoms with van der Waals surface area (Å²) in [6, 6.07) is 1.17. The fourth-order valence-corrected chi connectivity index (χ4v) is 2.32. The molecular formula is C10H11F2N3O4. The quantitative estimate of drug-likeness (QED) is 0.597. The summed E-state index contributed by atoms with van der Waals surface area (Å²) in [6.07, 6.45) is -4.44. The molecule has 1 aliphatic heterocycles. The first-order chi connectivity index (χ1) is 8.79. The molecule has 0 amide bonds. The van der Waals surface area contributed by atoms with Gasteiger partial charge in [-0.1, -0.05) is 0 Å². The second kappa shape index (κ2) is 3.50. The molecule has 1 saturated carbocycles. The van der Waals surface area contributed by atoms with Gasteiger partial charge in [0.25, 0.3) is 0 Å². The highest BCUT2D eigenvalue weighted by Crippen LogP contribution is 2.58. The molecule has 0 bridgehead atoms. The molecule has 0 aromatic carbocycles. The highest BCUT2D eigenvalue weighted by atomic mass is 19.3. The summed E-state index contributed by atoms with van der Waals surface area (Å²) in [4.78, 5) is 14.9. The van der Waals surface area contributed by atoms with Crippen LogP contribution < -0.4 is 11.4 Å². The van der Waals surface area contributed by atoms with Gasteiger partial charge in [0.15, 0.2) is 6.10 Å². The Labute approximate surface area is 105 Å². The zero-order chi connectivity index (χ0) is 14.0. The number of alkyl halides is 2. The molecule has 2 fully saturated rings. The van der Waals surface area contributed by atoms with Crippen molar-refractivity contribution in [2.75, 3.05) is 5.73 Å². The summed E-state index contributed by atoms with van der Waals surface area (Å²) in [5.41, 5.74) is 2.56. The fourth-order valence-electron chi connectivity index (χ4n) is 2.32. The number of aliphatic hydroxyl groups excluding tert-OH is 2. The van der Waals surface area contributed by atoms with Gasteiger partial charge in [-0.3, -0.25) is 4.57 Å². The van der Waals surface area contributed by atoms with Crippen LogP contribution in [0.2, 0.25) is 0 Å². The zero-order valence-electron chi connectivity index (χ0n) is 9.53. The number of rotatable bonds is 1. The Hall–Kier alpha value is -1.58. The maximum Gasteiger partial charge on any atom is 0.351 e. The number of hydrogen-bond donors (Lipinski definition) is 3. The van der Waals surface area contributed by atoms with E-state index in [9.17, 15) is 23.8 Å². The van der Waals surface area contributed by atoms with Crippen LogP contribution in [-0.2, 0) is 4.74 Å². The number of nitrogens with two attached hydrogens (primary N) is 1. The topological polar surface area (TPSA) is 111 Å². The number of aliphatic hydroxyl groups is 2. The molecule has 4 N–H and O–H groups in total. The van der Waals surface area contributed by atoms with Crippen molar-refractivity contribution in [1.29, 1.82) is 0 Å². The molecule has 1 aromatic rings. The Bertz CT molecular complexity index is 592. The number of nitrogens with zero attached hydrogens (tertiary/aromatic N) is 2. The van der Waals surface area contributed by atoms with Crippen molar-refractivity contribution in [2.45, 2.75) is 36.4 Å². The number of nitrogen functional groups attached to an aromatic ring is 1. The summed E-state index contributed by atoms with van der Waals surface area (Å²) >= 11 is 0. The van der Waals surface area contributed by atoms with Gasteiger partial charge in [0, 0.05) is 12.6 Å². The predicted molar refractivity (Wildman–Crippen MR) is 57.3 cm³/mol. The SMILES string of the molecule is Nc1ccn([C@@H]2O[C@]3(C[C@@H]3O)[C@@H](O)C2(F)F)c(=O)n1. The first kappa shape index (κ1) is 12.5.